The minimum absolute atomic E-state index is 0.00966. The molecule has 1 radical (unpaired) electrons. The summed E-state index contributed by atoms with van der Waals surface area (Å²) < 4.78 is 0. The first-order valence-electron chi connectivity index (χ1n) is 10.3. The lowest BCUT2D eigenvalue weighted by Gasteiger charge is -2.51. The summed E-state index contributed by atoms with van der Waals surface area (Å²) in [6.07, 6.45) is 1.32. The van der Waals surface area contributed by atoms with Crippen molar-refractivity contribution in [2.24, 2.45) is 0 Å². The molecule has 0 N–H and O–H groups in total. The van der Waals surface area contributed by atoms with Crippen LogP contribution in [-0.4, -0.2) is 40.0 Å². The Morgan fingerprint density at radius 1 is 0.897 bits per heavy atom. The van der Waals surface area contributed by atoms with E-state index in [2.05, 4.69) is 18.2 Å². The number of fused-ring (bicyclic) bond motifs is 2. The molecule has 1 saturated heterocycles. The molecular weight excluding hydrogens is 360 g/mol. The standard InChI is InChI=1S/C25H29N2O2/c1-24(2)15-19(16-25(3,4)27(24)29)26(5)23(28)22-20-12-8-6-10-17(20)14-18-11-7-9-13-21(18)22/h6-14,19H,15-16H2,1-5H3. The van der Waals surface area contributed by atoms with Crippen molar-refractivity contribution < 1.29 is 10.0 Å². The Bertz CT molecular complexity index is 1010. The van der Waals surface area contributed by atoms with Crippen LogP contribution < -0.4 is 0 Å². The zero-order chi connectivity index (χ0) is 21.0. The molecule has 29 heavy (non-hydrogen) atoms. The summed E-state index contributed by atoms with van der Waals surface area (Å²) in [5.74, 6) is 0.0222. The lowest BCUT2D eigenvalue weighted by molar-refractivity contribution is -0.293. The summed E-state index contributed by atoms with van der Waals surface area (Å²) in [5, 5.41) is 18.0. The van der Waals surface area contributed by atoms with Gasteiger partial charge in [-0.2, -0.15) is 0 Å². The second-order valence-corrected chi connectivity index (χ2v) is 9.59. The Morgan fingerprint density at radius 3 is 1.83 bits per heavy atom. The summed E-state index contributed by atoms with van der Waals surface area (Å²) in [4.78, 5) is 15.7. The van der Waals surface area contributed by atoms with Crippen LogP contribution in [0.2, 0.25) is 0 Å². The van der Waals surface area contributed by atoms with Gasteiger partial charge in [0.1, 0.15) is 0 Å². The number of amides is 1. The molecule has 0 saturated carbocycles. The molecule has 0 unspecified atom stereocenters. The van der Waals surface area contributed by atoms with E-state index in [-0.39, 0.29) is 11.9 Å². The van der Waals surface area contributed by atoms with Crippen molar-refractivity contribution >= 4 is 27.5 Å². The zero-order valence-corrected chi connectivity index (χ0v) is 17.9. The monoisotopic (exact) mass is 389 g/mol. The molecule has 0 aliphatic carbocycles. The van der Waals surface area contributed by atoms with Crippen LogP contribution in [0, 0.1) is 0 Å². The number of hydrogen-bond acceptors (Lipinski definition) is 2. The molecule has 3 aromatic carbocycles. The third kappa shape index (κ3) is 3.30. The maximum absolute atomic E-state index is 13.8. The van der Waals surface area contributed by atoms with Gasteiger partial charge in [0.05, 0.1) is 5.56 Å². The summed E-state index contributed by atoms with van der Waals surface area (Å²) in [6.45, 7) is 7.89. The van der Waals surface area contributed by atoms with Gasteiger partial charge in [-0.1, -0.05) is 48.5 Å². The second kappa shape index (κ2) is 6.82. The Hall–Kier alpha value is -2.43. The summed E-state index contributed by atoms with van der Waals surface area (Å²) >= 11 is 0. The Balaban J connectivity index is 1.81. The zero-order valence-electron chi connectivity index (χ0n) is 17.9. The fourth-order valence-electron chi connectivity index (χ4n) is 5.07. The normalized spacial score (nSPS) is 19.5. The minimum Gasteiger partial charge on any atom is -0.339 e. The Kier molecular flexibility index (Phi) is 4.67. The molecule has 151 valence electrons. The van der Waals surface area contributed by atoms with Crippen molar-refractivity contribution in [2.45, 2.75) is 57.7 Å². The quantitative estimate of drug-likeness (QED) is 0.548. The van der Waals surface area contributed by atoms with Gasteiger partial charge in [0.25, 0.3) is 5.91 Å². The fourth-order valence-corrected chi connectivity index (χ4v) is 5.07. The molecular formula is C25H29N2O2. The maximum atomic E-state index is 13.8. The van der Waals surface area contributed by atoms with E-state index >= 15 is 0 Å². The van der Waals surface area contributed by atoms with Crippen LogP contribution in [0.1, 0.15) is 50.9 Å². The molecule has 4 nitrogen and oxygen atoms in total. The molecule has 0 bridgehead atoms. The topological polar surface area (TPSA) is 43.5 Å². The third-order valence-corrected chi connectivity index (χ3v) is 6.42. The smallest absolute Gasteiger partial charge is 0.255 e. The minimum atomic E-state index is -0.512. The van der Waals surface area contributed by atoms with E-state index in [0.717, 1.165) is 27.1 Å². The molecule has 1 amide bonds. The van der Waals surface area contributed by atoms with Gasteiger partial charge in [0.2, 0.25) is 0 Å². The van der Waals surface area contributed by atoms with E-state index in [0.29, 0.717) is 12.8 Å². The van der Waals surface area contributed by atoms with Crippen molar-refractivity contribution in [1.82, 2.24) is 9.96 Å². The van der Waals surface area contributed by atoms with E-state index in [4.69, 9.17) is 0 Å². The van der Waals surface area contributed by atoms with Gasteiger partial charge in [-0.25, -0.2) is 0 Å². The number of hydrogen-bond donors (Lipinski definition) is 0. The first-order valence-corrected chi connectivity index (χ1v) is 10.3. The van der Waals surface area contributed by atoms with Gasteiger partial charge in [-0.15, -0.1) is 10.3 Å². The highest BCUT2D eigenvalue weighted by atomic mass is 16.5. The SMILES string of the molecule is CN(C(=O)c1c2ccccc2cc2ccccc12)C1CC(C)(C)N([O])C(C)(C)C1. The lowest BCUT2D eigenvalue weighted by Crippen LogP contribution is -2.62. The molecule has 0 spiro atoms. The van der Waals surface area contributed by atoms with Gasteiger partial charge < -0.3 is 4.90 Å². The van der Waals surface area contributed by atoms with Gasteiger partial charge in [0.15, 0.2) is 0 Å². The number of rotatable bonds is 2. The number of nitrogens with zero attached hydrogens (tertiary/aromatic N) is 2. The van der Waals surface area contributed by atoms with Crippen molar-refractivity contribution in [2.75, 3.05) is 7.05 Å². The van der Waals surface area contributed by atoms with E-state index in [9.17, 15) is 10.0 Å². The van der Waals surface area contributed by atoms with Crippen LogP contribution in [0.25, 0.3) is 21.5 Å². The Morgan fingerprint density at radius 2 is 1.34 bits per heavy atom. The number of carbonyl (C=O) groups is 1. The fraction of sp³-hybridized carbons (Fsp3) is 0.400. The van der Waals surface area contributed by atoms with E-state index < -0.39 is 11.1 Å². The maximum Gasteiger partial charge on any atom is 0.255 e. The van der Waals surface area contributed by atoms with Crippen molar-refractivity contribution in [3.05, 3.63) is 60.2 Å². The highest BCUT2D eigenvalue weighted by Crippen LogP contribution is 2.39. The second-order valence-electron chi connectivity index (χ2n) is 9.59. The van der Waals surface area contributed by atoms with Gasteiger partial charge in [-0.05, 0) is 68.1 Å². The molecule has 1 aliphatic heterocycles. The van der Waals surface area contributed by atoms with Crippen LogP contribution in [0.3, 0.4) is 0 Å². The van der Waals surface area contributed by atoms with E-state index in [1.165, 1.54) is 5.06 Å². The molecule has 0 atom stereocenters. The third-order valence-electron chi connectivity index (χ3n) is 6.42. The number of piperidine rings is 1. The predicted octanol–water partition coefficient (Wildman–Crippen LogP) is 5.43. The van der Waals surface area contributed by atoms with Crippen LogP contribution in [0.4, 0.5) is 0 Å². The molecule has 0 aromatic heterocycles. The summed E-state index contributed by atoms with van der Waals surface area (Å²) in [6, 6.07) is 18.3. The first kappa shape index (κ1) is 19.9. The van der Waals surface area contributed by atoms with Crippen LogP contribution in [0.15, 0.2) is 54.6 Å². The van der Waals surface area contributed by atoms with Gasteiger partial charge >= 0.3 is 0 Å². The average Bonchev–Trinajstić information content (AvgIpc) is 2.68. The molecule has 3 aromatic rings. The van der Waals surface area contributed by atoms with Crippen molar-refractivity contribution in [3.63, 3.8) is 0 Å². The average molecular weight is 390 g/mol. The highest BCUT2D eigenvalue weighted by molar-refractivity contribution is 6.18. The van der Waals surface area contributed by atoms with Crippen LogP contribution in [-0.2, 0) is 5.21 Å². The molecule has 1 aliphatic rings. The molecule has 4 heteroatoms. The van der Waals surface area contributed by atoms with E-state index in [1.54, 1.807) is 0 Å². The summed E-state index contributed by atoms with van der Waals surface area (Å²) in [7, 11) is 1.89. The number of benzene rings is 3. The van der Waals surface area contributed by atoms with E-state index in [1.807, 2.05) is 76.0 Å². The molecule has 1 heterocycles. The molecule has 4 rings (SSSR count). The van der Waals surface area contributed by atoms with Crippen LogP contribution >= 0.6 is 0 Å². The van der Waals surface area contributed by atoms with Crippen molar-refractivity contribution in [1.29, 1.82) is 0 Å². The lowest BCUT2D eigenvalue weighted by atomic mass is 9.78. The number of carbonyl (C=O) groups excluding carboxylic acids is 1. The Labute approximate surface area is 172 Å². The van der Waals surface area contributed by atoms with Crippen LogP contribution in [0.5, 0.6) is 0 Å². The van der Waals surface area contributed by atoms with Crippen molar-refractivity contribution in [3.8, 4) is 0 Å². The largest absolute Gasteiger partial charge is 0.339 e. The summed E-state index contributed by atoms with van der Waals surface area (Å²) in [5.41, 5.74) is -0.273. The molecule has 1 fully saturated rings. The number of hydroxylamine groups is 2. The predicted molar refractivity (Wildman–Crippen MR) is 117 cm³/mol. The van der Waals surface area contributed by atoms with Gasteiger partial charge in [0, 0.05) is 24.2 Å². The first-order chi connectivity index (χ1) is 13.6. The van der Waals surface area contributed by atoms with Gasteiger partial charge in [-0.3, -0.25) is 4.79 Å². The highest BCUT2D eigenvalue weighted by Gasteiger charge is 2.47.